The fraction of sp³-hybridized carbons (Fsp3) is 0.389. The SMILES string of the molecule is COCc1nc(C(=O)N2C[C@@H](C)[C@H](C(=O)O)C2)c(-c2ccccc2)s1. The summed E-state index contributed by atoms with van der Waals surface area (Å²) in [6.07, 6.45) is 0. The molecule has 1 saturated heterocycles. The largest absolute Gasteiger partial charge is 0.481 e. The number of thiazole rings is 1. The molecule has 1 aliphatic rings. The summed E-state index contributed by atoms with van der Waals surface area (Å²) >= 11 is 1.43. The summed E-state index contributed by atoms with van der Waals surface area (Å²) < 4.78 is 5.15. The summed E-state index contributed by atoms with van der Waals surface area (Å²) in [5.41, 5.74) is 1.30. The third-order valence-electron chi connectivity index (χ3n) is 4.39. The van der Waals surface area contributed by atoms with Gasteiger partial charge in [0.05, 0.1) is 17.4 Å². The van der Waals surface area contributed by atoms with Crippen molar-refractivity contribution in [1.29, 1.82) is 0 Å². The summed E-state index contributed by atoms with van der Waals surface area (Å²) in [5, 5.41) is 10.0. The van der Waals surface area contributed by atoms with Gasteiger partial charge >= 0.3 is 5.97 Å². The van der Waals surface area contributed by atoms with Crippen molar-refractivity contribution in [1.82, 2.24) is 9.88 Å². The maximum atomic E-state index is 13.0. The van der Waals surface area contributed by atoms with E-state index in [2.05, 4.69) is 4.98 Å². The van der Waals surface area contributed by atoms with E-state index in [1.54, 1.807) is 12.0 Å². The first kappa shape index (κ1) is 17.6. The van der Waals surface area contributed by atoms with Crippen molar-refractivity contribution in [3.05, 3.63) is 41.0 Å². The number of nitrogens with zero attached hydrogens (tertiary/aromatic N) is 2. The molecule has 3 rings (SSSR count). The van der Waals surface area contributed by atoms with Gasteiger partial charge in [0.25, 0.3) is 5.91 Å². The van der Waals surface area contributed by atoms with Gasteiger partial charge in [-0.1, -0.05) is 37.3 Å². The summed E-state index contributed by atoms with van der Waals surface area (Å²) in [6.45, 7) is 2.86. The van der Waals surface area contributed by atoms with E-state index in [0.717, 1.165) is 15.4 Å². The molecule has 1 amide bonds. The van der Waals surface area contributed by atoms with Crippen molar-refractivity contribution in [2.45, 2.75) is 13.5 Å². The fourth-order valence-electron chi connectivity index (χ4n) is 3.08. The molecule has 0 spiro atoms. The molecule has 0 radical (unpaired) electrons. The normalized spacial score (nSPS) is 20.0. The van der Waals surface area contributed by atoms with Crippen LogP contribution in [0.2, 0.25) is 0 Å². The highest BCUT2D eigenvalue weighted by Gasteiger charge is 2.38. The predicted octanol–water partition coefficient (Wildman–Crippen LogP) is 2.75. The minimum atomic E-state index is -0.857. The molecule has 2 heterocycles. The van der Waals surface area contributed by atoms with Gasteiger partial charge in [-0.25, -0.2) is 4.98 Å². The van der Waals surface area contributed by atoms with Crippen LogP contribution in [0.3, 0.4) is 0 Å². The van der Waals surface area contributed by atoms with Gasteiger partial charge in [-0.05, 0) is 11.5 Å². The van der Waals surface area contributed by atoms with Crippen LogP contribution in [-0.2, 0) is 16.1 Å². The number of carboxylic acid groups (broad SMARTS) is 1. The number of carbonyl (C=O) groups excluding carboxylic acids is 1. The number of aliphatic carboxylic acids is 1. The number of carbonyl (C=O) groups is 2. The third kappa shape index (κ3) is 3.57. The molecular weight excluding hydrogens is 340 g/mol. The molecule has 0 aliphatic carbocycles. The molecule has 7 heteroatoms. The zero-order valence-corrected chi connectivity index (χ0v) is 15.0. The molecule has 2 aromatic rings. The summed E-state index contributed by atoms with van der Waals surface area (Å²) in [5.74, 6) is -1.67. The molecule has 25 heavy (non-hydrogen) atoms. The van der Waals surface area contributed by atoms with Crippen LogP contribution in [0.15, 0.2) is 30.3 Å². The van der Waals surface area contributed by atoms with Crippen molar-refractivity contribution in [2.24, 2.45) is 11.8 Å². The molecule has 0 saturated carbocycles. The van der Waals surface area contributed by atoms with Crippen LogP contribution in [-0.4, -0.2) is 47.1 Å². The first-order valence-corrected chi connectivity index (χ1v) is 8.89. The van der Waals surface area contributed by atoms with E-state index in [-0.39, 0.29) is 18.4 Å². The Balaban J connectivity index is 1.93. The number of methoxy groups -OCH3 is 1. The molecule has 0 bridgehead atoms. The smallest absolute Gasteiger partial charge is 0.308 e. The summed E-state index contributed by atoms with van der Waals surface area (Å²) in [4.78, 5) is 31.2. The Hall–Kier alpha value is -2.25. The van der Waals surface area contributed by atoms with Crippen molar-refractivity contribution in [2.75, 3.05) is 20.2 Å². The number of likely N-dealkylation sites (tertiary alicyclic amines) is 1. The van der Waals surface area contributed by atoms with E-state index in [1.165, 1.54) is 11.3 Å². The number of hydrogen-bond acceptors (Lipinski definition) is 5. The minimum absolute atomic E-state index is 0.0706. The lowest BCUT2D eigenvalue weighted by Crippen LogP contribution is -2.30. The molecular formula is C18H20N2O4S. The number of hydrogen-bond donors (Lipinski definition) is 1. The van der Waals surface area contributed by atoms with E-state index in [9.17, 15) is 14.7 Å². The molecule has 0 unspecified atom stereocenters. The minimum Gasteiger partial charge on any atom is -0.481 e. The molecule has 2 atom stereocenters. The van der Waals surface area contributed by atoms with E-state index in [0.29, 0.717) is 18.8 Å². The standard InChI is InChI=1S/C18H20N2O4S/c1-11-8-20(9-13(11)18(22)23)17(21)15-16(12-6-4-3-5-7-12)25-14(19-15)10-24-2/h3-7,11,13H,8-10H2,1-2H3,(H,22,23)/t11-,13-/m1/s1. The van der Waals surface area contributed by atoms with Gasteiger partial charge in [-0.2, -0.15) is 0 Å². The highest BCUT2D eigenvalue weighted by Crippen LogP contribution is 2.33. The maximum Gasteiger partial charge on any atom is 0.308 e. The van der Waals surface area contributed by atoms with Gasteiger partial charge in [-0.15, -0.1) is 11.3 Å². The molecule has 1 fully saturated rings. The predicted molar refractivity (Wildman–Crippen MR) is 94.5 cm³/mol. The topological polar surface area (TPSA) is 79.7 Å². The van der Waals surface area contributed by atoms with Gasteiger partial charge < -0.3 is 14.7 Å². The van der Waals surface area contributed by atoms with Crippen LogP contribution < -0.4 is 0 Å². The van der Waals surface area contributed by atoms with E-state index >= 15 is 0 Å². The lowest BCUT2D eigenvalue weighted by molar-refractivity contribution is -0.142. The quantitative estimate of drug-likeness (QED) is 0.887. The Labute approximate surface area is 150 Å². The second kappa shape index (κ2) is 7.33. The van der Waals surface area contributed by atoms with Crippen molar-refractivity contribution >= 4 is 23.2 Å². The average Bonchev–Trinajstić information content (AvgIpc) is 3.19. The number of aromatic nitrogens is 1. The van der Waals surface area contributed by atoms with Gasteiger partial charge in [0, 0.05) is 20.2 Å². The third-order valence-corrected chi connectivity index (χ3v) is 5.47. The maximum absolute atomic E-state index is 13.0. The summed E-state index contributed by atoms with van der Waals surface area (Å²) in [6, 6.07) is 9.62. The zero-order valence-electron chi connectivity index (χ0n) is 14.1. The number of ether oxygens (including phenoxy) is 1. The van der Waals surface area contributed by atoms with E-state index in [1.807, 2.05) is 37.3 Å². The van der Waals surface area contributed by atoms with Crippen LogP contribution in [0.1, 0.15) is 22.4 Å². The van der Waals surface area contributed by atoms with Crippen molar-refractivity contribution in [3.8, 4) is 10.4 Å². The Morgan fingerprint density at radius 2 is 2.04 bits per heavy atom. The molecule has 1 aromatic carbocycles. The Morgan fingerprint density at radius 1 is 1.32 bits per heavy atom. The molecule has 1 N–H and O–H groups in total. The monoisotopic (exact) mass is 360 g/mol. The van der Waals surface area contributed by atoms with Crippen molar-refractivity contribution in [3.63, 3.8) is 0 Å². The fourth-order valence-corrected chi connectivity index (χ4v) is 4.12. The Kier molecular flexibility index (Phi) is 5.15. The van der Waals surface area contributed by atoms with Crippen LogP contribution >= 0.6 is 11.3 Å². The highest BCUT2D eigenvalue weighted by atomic mass is 32.1. The first-order valence-electron chi connectivity index (χ1n) is 8.07. The van der Waals surface area contributed by atoms with Gasteiger partial charge in [0.15, 0.2) is 0 Å². The molecule has 1 aliphatic heterocycles. The van der Waals surface area contributed by atoms with Crippen LogP contribution in [0.4, 0.5) is 0 Å². The van der Waals surface area contributed by atoms with Crippen LogP contribution in [0.25, 0.3) is 10.4 Å². The number of carboxylic acids is 1. The van der Waals surface area contributed by atoms with Crippen LogP contribution in [0.5, 0.6) is 0 Å². The molecule has 6 nitrogen and oxygen atoms in total. The first-order chi connectivity index (χ1) is 12.0. The summed E-state index contributed by atoms with van der Waals surface area (Å²) in [7, 11) is 1.59. The van der Waals surface area contributed by atoms with E-state index < -0.39 is 11.9 Å². The van der Waals surface area contributed by atoms with Crippen molar-refractivity contribution < 1.29 is 19.4 Å². The zero-order chi connectivity index (χ0) is 18.0. The van der Waals surface area contributed by atoms with Crippen LogP contribution in [0, 0.1) is 11.8 Å². The molecule has 132 valence electrons. The highest BCUT2D eigenvalue weighted by molar-refractivity contribution is 7.15. The van der Waals surface area contributed by atoms with Gasteiger partial charge in [-0.3, -0.25) is 9.59 Å². The Morgan fingerprint density at radius 3 is 2.64 bits per heavy atom. The van der Waals surface area contributed by atoms with E-state index in [4.69, 9.17) is 4.74 Å². The second-order valence-electron chi connectivity index (χ2n) is 6.22. The second-order valence-corrected chi connectivity index (χ2v) is 7.30. The molecule has 1 aromatic heterocycles. The number of amides is 1. The Bertz CT molecular complexity index is 775. The van der Waals surface area contributed by atoms with Gasteiger partial charge in [0.1, 0.15) is 10.7 Å². The number of benzene rings is 1. The van der Waals surface area contributed by atoms with Gasteiger partial charge in [0.2, 0.25) is 0 Å². The average molecular weight is 360 g/mol. The number of rotatable bonds is 5. The lowest BCUT2D eigenvalue weighted by atomic mass is 9.99. The lowest BCUT2D eigenvalue weighted by Gasteiger charge is -2.15.